The minimum Gasteiger partial charge on any atom is -0.493 e. The molecule has 6 heteroatoms. The van der Waals surface area contributed by atoms with E-state index in [0.717, 1.165) is 62.0 Å². The Balaban J connectivity index is 1.24. The van der Waals surface area contributed by atoms with Gasteiger partial charge < -0.3 is 19.7 Å². The van der Waals surface area contributed by atoms with Gasteiger partial charge in [-0.2, -0.15) is 0 Å². The van der Waals surface area contributed by atoms with Crippen molar-refractivity contribution in [2.45, 2.75) is 57.4 Å². The first-order chi connectivity index (χ1) is 15.0. The first kappa shape index (κ1) is 20.7. The van der Waals surface area contributed by atoms with Crippen LogP contribution < -0.4 is 14.8 Å². The molecule has 168 valence electrons. The predicted molar refractivity (Wildman–Crippen MR) is 117 cm³/mol. The predicted octanol–water partition coefficient (Wildman–Crippen LogP) is 3.70. The van der Waals surface area contributed by atoms with Gasteiger partial charge in [-0.05, 0) is 86.8 Å². The zero-order valence-electron chi connectivity index (χ0n) is 18.7. The zero-order valence-corrected chi connectivity index (χ0v) is 18.7. The van der Waals surface area contributed by atoms with E-state index in [1.54, 1.807) is 14.2 Å². The summed E-state index contributed by atoms with van der Waals surface area (Å²) in [5, 5.41) is 3.05. The fraction of sp³-hybridized carbons (Fsp3) is 0.680. The van der Waals surface area contributed by atoms with Gasteiger partial charge in [0.25, 0.3) is 0 Å². The van der Waals surface area contributed by atoms with Crippen LogP contribution in [0.1, 0.15) is 63.0 Å². The molecule has 1 atom stereocenters. The molecule has 1 aromatic carbocycles. The van der Waals surface area contributed by atoms with Crippen molar-refractivity contribution in [3.8, 4) is 11.5 Å². The molecule has 0 radical (unpaired) electrons. The first-order valence-electron chi connectivity index (χ1n) is 11.8. The number of amides is 2. The number of hydrogen-bond donors (Lipinski definition) is 1. The van der Waals surface area contributed by atoms with Crippen molar-refractivity contribution in [1.82, 2.24) is 10.2 Å². The molecule has 4 aliphatic carbocycles. The molecule has 1 heterocycles. The van der Waals surface area contributed by atoms with E-state index in [0.29, 0.717) is 11.5 Å². The Hall–Kier alpha value is -2.24. The lowest BCUT2D eigenvalue weighted by Crippen LogP contribution is -2.54. The van der Waals surface area contributed by atoms with E-state index in [1.165, 1.54) is 19.3 Å². The molecule has 5 fully saturated rings. The van der Waals surface area contributed by atoms with Gasteiger partial charge >= 0.3 is 0 Å². The molecule has 31 heavy (non-hydrogen) atoms. The molecule has 2 amide bonds. The molecular weight excluding hydrogens is 392 g/mol. The molecule has 1 aromatic rings. The molecule has 1 N–H and O–H groups in total. The standard InChI is InChI=1S/C25H34N2O4/c1-30-21-6-5-19(11-22(21)31-2)20-4-3-7-27(20)23(28)15-26-24(29)25-12-16-8-17(13-25)10-18(9-16)14-25/h5-6,11,16-18,20H,3-4,7-10,12-15H2,1-2H3,(H,26,29)/t16?,17?,18?,20-,25?/m0/s1. The van der Waals surface area contributed by atoms with Crippen LogP contribution in [-0.4, -0.2) is 44.0 Å². The number of carbonyl (C=O) groups excluding carboxylic acids is 2. The third kappa shape index (κ3) is 3.68. The van der Waals surface area contributed by atoms with Gasteiger partial charge in [-0.15, -0.1) is 0 Å². The summed E-state index contributed by atoms with van der Waals surface area (Å²) in [6.45, 7) is 0.829. The van der Waals surface area contributed by atoms with E-state index < -0.39 is 0 Å². The van der Waals surface area contributed by atoms with E-state index in [9.17, 15) is 9.59 Å². The monoisotopic (exact) mass is 426 g/mol. The van der Waals surface area contributed by atoms with Crippen LogP contribution in [0.25, 0.3) is 0 Å². The summed E-state index contributed by atoms with van der Waals surface area (Å²) in [6, 6.07) is 5.88. The topological polar surface area (TPSA) is 67.9 Å². The van der Waals surface area contributed by atoms with Crippen LogP contribution in [0, 0.1) is 23.2 Å². The van der Waals surface area contributed by atoms with Crippen molar-refractivity contribution in [2.75, 3.05) is 27.3 Å². The second-order valence-electron chi connectivity index (χ2n) is 10.2. The SMILES string of the molecule is COc1ccc([C@@H]2CCCN2C(=O)CNC(=O)C23CC4CC(CC(C4)C2)C3)cc1OC. The van der Waals surface area contributed by atoms with Gasteiger partial charge in [0, 0.05) is 12.0 Å². The van der Waals surface area contributed by atoms with Crippen LogP contribution in [0.2, 0.25) is 0 Å². The van der Waals surface area contributed by atoms with Crippen molar-refractivity contribution in [3.05, 3.63) is 23.8 Å². The molecule has 1 aliphatic heterocycles. The highest BCUT2D eigenvalue weighted by Gasteiger charge is 2.54. The Labute approximate surface area is 184 Å². The third-order valence-corrected chi connectivity index (χ3v) is 8.29. The minimum atomic E-state index is -0.206. The fourth-order valence-corrected chi connectivity index (χ4v) is 7.31. The number of carbonyl (C=O) groups is 2. The normalized spacial score (nSPS) is 33.4. The smallest absolute Gasteiger partial charge is 0.242 e. The van der Waals surface area contributed by atoms with Crippen LogP contribution in [0.5, 0.6) is 11.5 Å². The highest BCUT2D eigenvalue weighted by Crippen LogP contribution is 2.60. The number of rotatable bonds is 6. The van der Waals surface area contributed by atoms with Gasteiger partial charge in [0.2, 0.25) is 11.8 Å². The molecule has 6 nitrogen and oxygen atoms in total. The average Bonchev–Trinajstić information content (AvgIpc) is 3.26. The molecule has 4 bridgehead atoms. The van der Waals surface area contributed by atoms with Crippen LogP contribution >= 0.6 is 0 Å². The maximum absolute atomic E-state index is 13.2. The molecular formula is C25H34N2O4. The van der Waals surface area contributed by atoms with Crippen molar-refractivity contribution in [2.24, 2.45) is 23.2 Å². The van der Waals surface area contributed by atoms with E-state index in [-0.39, 0.29) is 29.8 Å². The minimum absolute atomic E-state index is 0.00960. The Bertz CT molecular complexity index is 832. The Morgan fingerprint density at radius 2 is 1.68 bits per heavy atom. The Morgan fingerprint density at radius 3 is 2.29 bits per heavy atom. The lowest BCUT2D eigenvalue weighted by Gasteiger charge is -2.55. The maximum Gasteiger partial charge on any atom is 0.242 e. The lowest BCUT2D eigenvalue weighted by molar-refractivity contribution is -0.148. The summed E-state index contributed by atoms with van der Waals surface area (Å²) >= 11 is 0. The van der Waals surface area contributed by atoms with Crippen LogP contribution in [0.4, 0.5) is 0 Å². The molecule has 6 rings (SSSR count). The summed E-state index contributed by atoms with van der Waals surface area (Å²) in [4.78, 5) is 28.2. The van der Waals surface area contributed by atoms with Gasteiger partial charge in [0.15, 0.2) is 11.5 Å². The van der Waals surface area contributed by atoms with Gasteiger partial charge in [-0.3, -0.25) is 9.59 Å². The second kappa shape index (κ2) is 8.03. The molecule has 1 saturated heterocycles. The summed E-state index contributed by atoms with van der Waals surface area (Å²) in [5.41, 5.74) is 0.846. The Morgan fingerprint density at radius 1 is 1.03 bits per heavy atom. The van der Waals surface area contributed by atoms with Crippen LogP contribution in [0.3, 0.4) is 0 Å². The van der Waals surface area contributed by atoms with E-state index in [1.807, 2.05) is 23.1 Å². The fourth-order valence-electron chi connectivity index (χ4n) is 7.31. The number of benzene rings is 1. The molecule has 5 aliphatic rings. The highest BCUT2D eigenvalue weighted by atomic mass is 16.5. The van der Waals surface area contributed by atoms with Crippen molar-refractivity contribution in [1.29, 1.82) is 0 Å². The van der Waals surface area contributed by atoms with Gasteiger partial charge in [-0.1, -0.05) is 6.07 Å². The molecule has 0 unspecified atom stereocenters. The van der Waals surface area contributed by atoms with E-state index >= 15 is 0 Å². The van der Waals surface area contributed by atoms with Crippen molar-refractivity contribution < 1.29 is 19.1 Å². The van der Waals surface area contributed by atoms with Crippen LogP contribution in [0.15, 0.2) is 18.2 Å². The number of methoxy groups -OCH3 is 2. The van der Waals surface area contributed by atoms with Crippen LogP contribution in [-0.2, 0) is 9.59 Å². The maximum atomic E-state index is 13.2. The summed E-state index contributed by atoms with van der Waals surface area (Å²) in [6.07, 6.45) is 8.90. The first-order valence-corrected chi connectivity index (χ1v) is 11.8. The second-order valence-corrected chi connectivity index (χ2v) is 10.2. The quantitative estimate of drug-likeness (QED) is 0.753. The van der Waals surface area contributed by atoms with Crippen molar-refractivity contribution in [3.63, 3.8) is 0 Å². The summed E-state index contributed by atoms with van der Waals surface area (Å²) < 4.78 is 10.8. The molecule has 4 saturated carbocycles. The largest absolute Gasteiger partial charge is 0.493 e. The summed E-state index contributed by atoms with van der Waals surface area (Å²) in [7, 11) is 3.24. The zero-order chi connectivity index (χ0) is 21.6. The van der Waals surface area contributed by atoms with Gasteiger partial charge in [0.05, 0.1) is 26.8 Å². The molecule has 0 aromatic heterocycles. The Kier molecular flexibility index (Phi) is 5.35. The van der Waals surface area contributed by atoms with Gasteiger partial charge in [-0.25, -0.2) is 0 Å². The molecule has 0 spiro atoms. The third-order valence-electron chi connectivity index (χ3n) is 8.29. The van der Waals surface area contributed by atoms with E-state index in [2.05, 4.69) is 5.32 Å². The number of nitrogens with zero attached hydrogens (tertiary/aromatic N) is 1. The van der Waals surface area contributed by atoms with Gasteiger partial charge in [0.1, 0.15) is 0 Å². The number of hydrogen-bond acceptors (Lipinski definition) is 4. The highest BCUT2D eigenvalue weighted by molar-refractivity contribution is 5.88. The number of likely N-dealkylation sites (tertiary alicyclic amines) is 1. The number of nitrogens with one attached hydrogen (secondary N) is 1. The average molecular weight is 427 g/mol. The number of ether oxygens (including phenoxy) is 2. The van der Waals surface area contributed by atoms with E-state index in [4.69, 9.17) is 9.47 Å². The summed E-state index contributed by atoms with van der Waals surface area (Å²) in [5.74, 6) is 3.67. The lowest BCUT2D eigenvalue weighted by atomic mass is 9.49. The van der Waals surface area contributed by atoms with Crippen molar-refractivity contribution >= 4 is 11.8 Å².